The predicted octanol–water partition coefficient (Wildman–Crippen LogP) is 5.21. The maximum Gasteiger partial charge on any atom is 0.282 e. The van der Waals surface area contributed by atoms with E-state index in [9.17, 15) is 9.59 Å². The second-order valence-corrected chi connectivity index (χ2v) is 8.26. The van der Waals surface area contributed by atoms with Crippen LogP contribution in [0.3, 0.4) is 0 Å². The van der Waals surface area contributed by atoms with Gasteiger partial charge in [-0.15, -0.1) is 0 Å². The minimum atomic E-state index is -0.300. The lowest BCUT2D eigenvalue weighted by Crippen LogP contribution is -2.37. The average molecular weight is 439 g/mol. The van der Waals surface area contributed by atoms with E-state index in [1.165, 1.54) is 10.5 Å². The minimum Gasteiger partial charge on any atom is -0.494 e. The summed E-state index contributed by atoms with van der Waals surface area (Å²) in [6.45, 7) is 3.38. The monoisotopic (exact) mass is 438 g/mol. The maximum absolute atomic E-state index is 13.8. The van der Waals surface area contributed by atoms with Crippen molar-refractivity contribution in [2.75, 3.05) is 23.0 Å². The second-order valence-electron chi connectivity index (χ2n) is 8.26. The fourth-order valence-electron chi connectivity index (χ4n) is 4.54. The molecule has 0 aromatic heterocycles. The number of hydrogen-bond donors (Lipinski definition) is 0. The summed E-state index contributed by atoms with van der Waals surface area (Å²) in [5, 5.41) is 0. The van der Waals surface area contributed by atoms with Crippen molar-refractivity contribution in [1.29, 1.82) is 0 Å². The van der Waals surface area contributed by atoms with Crippen LogP contribution in [0.4, 0.5) is 11.4 Å². The van der Waals surface area contributed by atoms with Crippen LogP contribution in [0.15, 0.2) is 84.6 Å². The number of ether oxygens (including phenoxy) is 1. The van der Waals surface area contributed by atoms with Crippen molar-refractivity contribution in [2.45, 2.75) is 26.2 Å². The van der Waals surface area contributed by atoms with Gasteiger partial charge in [0.2, 0.25) is 0 Å². The van der Waals surface area contributed by atoms with Gasteiger partial charge in [0, 0.05) is 12.2 Å². The van der Waals surface area contributed by atoms with E-state index in [4.69, 9.17) is 4.74 Å². The van der Waals surface area contributed by atoms with Crippen molar-refractivity contribution < 1.29 is 14.3 Å². The summed E-state index contributed by atoms with van der Waals surface area (Å²) in [5.74, 6) is 0.165. The van der Waals surface area contributed by atoms with Crippen LogP contribution in [0.5, 0.6) is 5.75 Å². The molecule has 2 heterocycles. The quantitative estimate of drug-likeness (QED) is 0.496. The zero-order valence-corrected chi connectivity index (χ0v) is 18.7. The molecule has 2 aliphatic rings. The number of carbonyl (C=O) groups excluding carboxylic acids is 2. The Labute approximate surface area is 193 Å². The van der Waals surface area contributed by atoms with Gasteiger partial charge in [-0.05, 0) is 60.7 Å². The number of carbonyl (C=O) groups is 2. The third kappa shape index (κ3) is 3.80. The Morgan fingerprint density at radius 1 is 0.848 bits per heavy atom. The molecule has 5 nitrogen and oxygen atoms in total. The van der Waals surface area contributed by atoms with Gasteiger partial charge in [0.05, 0.1) is 17.9 Å². The van der Waals surface area contributed by atoms with Crippen molar-refractivity contribution in [3.63, 3.8) is 0 Å². The number of benzene rings is 3. The second kappa shape index (κ2) is 8.94. The van der Waals surface area contributed by atoms with Crippen LogP contribution < -0.4 is 14.5 Å². The molecule has 0 unspecified atom stereocenters. The minimum absolute atomic E-state index is 0.288. The smallest absolute Gasteiger partial charge is 0.282 e. The Balaban J connectivity index is 1.63. The number of aryl methyl sites for hydroxylation is 1. The highest BCUT2D eigenvalue weighted by Gasteiger charge is 2.43. The van der Waals surface area contributed by atoms with Gasteiger partial charge in [0.1, 0.15) is 11.4 Å². The number of fused-ring (bicyclic) bond motifs is 1. The van der Waals surface area contributed by atoms with Crippen molar-refractivity contribution in [2.24, 2.45) is 0 Å². The van der Waals surface area contributed by atoms with Crippen molar-refractivity contribution in [3.05, 3.63) is 95.7 Å². The van der Waals surface area contributed by atoms with Gasteiger partial charge in [-0.2, -0.15) is 0 Å². The highest BCUT2D eigenvalue weighted by Crippen LogP contribution is 2.39. The maximum atomic E-state index is 13.8. The summed E-state index contributed by atoms with van der Waals surface area (Å²) in [4.78, 5) is 30.8. The summed E-state index contributed by atoms with van der Waals surface area (Å²) >= 11 is 0. The standard InChI is InChI=1S/C28H26N2O3/c1-2-19-33-23-16-14-21(15-17-23)25-26(29-18-8-10-20-9-6-7-13-24(20)29)28(32)30(27(25)31)22-11-4-3-5-12-22/h3-7,9,11-17H,2,8,10,18-19H2,1H3. The van der Waals surface area contributed by atoms with Crippen molar-refractivity contribution >= 4 is 28.8 Å². The Bertz CT molecular complexity index is 1220. The number of anilines is 2. The molecule has 0 saturated carbocycles. The number of imide groups is 1. The first kappa shape index (κ1) is 21.0. The van der Waals surface area contributed by atoms with Crippen LogP contribution in [-0.4, -0.2) is 25.0 Å². The summed E-state index contributed by atoms with van der Waals surface area (Å²) in [5.41, 5.74) is 4.36. The van der Waals surface area contributed by atoms with Gasteiger partial charge in [-0.25, -0.2) is 4.90 Å². The van der Waals surface area contributed by atoms with Gasteiger partial charge in [0.15, 0.2) is 0 Å². The molecule has 0 bridgehead atoms. The Morgan fingerprint density at radius 3 is 2.33 bits per heavy atom. The molecule has 3 aromatic rings. The number of hydrogen-bond acceptors (Lipinski definition) is 4. The van der Waals surface area contributed by atoms with Gasteiger partial charge in [0.25, 0.3) is 11.8 Å². The average Bonchev–Trinajstić information content (AvgIpc) is 3.12. The molecule has 3 aromatic carbocycles. The molecule has 166 valence electrons. The highest BCUT2D eigenvalue weighted by molar-refractivity contribution is 6.46. The van der Waals surface area contributed by atoms with Crippen LogP contribution in [0.2, 0.25) is 0 Å². The van der Waals surface area contributed by atoms with Crippen LogP contribution in [0.25, 0.3) is 5.57 Å². The van der Waals surface area contributed by atoms with E-state index >= 15 is 0 Å². The first-order chi connectivity index (χ1) is 16.2. The normalized spacial score (nSPS) is 15.8. The van der Waals surface area contributed by atoms with Crippen molar-refractivity contribution in [1.82, 2.24) is 0 Å². The molecule has 0 N–H and O–H groups in total. The number of nitrogens with zero attached hydrogens (tertiary/aromatic N) is 2. The third-order valence-electron chi connectivity index (χ3n) is 6.07. The van der Waals surface area contributed by atoms with E-state index in [1.807, 2.05) is 65.6 Å². The lowest BCUT2D eigenvalue weighted by atomic mass is 9.98. The number of para-hydroxylation sites is 2. The van der Waals surface area contributed by atoms with Crippen LogP contribution in [0, 0.1) is 0 Å². The van der Waals surface area contributed by atoms with E-state index in [2.05, 4.69) is 13.0 Å². The highest BCUT2D eigenvalue weighted by atomic mass is 16.5. The number of amides is 2. The summed E-state index contributed by atoms with van der Waals surface area (Å²) < 4.78 is 5.71. The molecular weight excluding hydrogens is 412 g/mol. The fourth-order valence-corrected chi connectivity index (χ4v) is 4.54. The summed E-state index contributed by atoms with van der Waals surface area (Å²) in [7, 11) is 0. The lowest BCUT2D eigenvalue weighted by Gasteiger charge is -2.32. The van der Waals surface area contributed by atoms with E-state index < -0.39 is 0 Å². The number of rotatable bonds is 6. The van der Waals surface area contributed by atoms with Crippen LogP contribution in [-0.2, 0) is 16.0 Å². The SMILES string of the molecule is CCCOc1ccc(C2=C(N3CCCc4ccccc43)C(=O)N(c3ccccc3)C2=O)cc1. The van der Waals surface area contributed by atoms with E-state index in [0.717, 1.165) is 30.7 Å². The first-order valence-corrected chi connectivity index (χ1v) is 11.5. The molecular formula is C28H26N2O3. The molecule has 2 aliphatic heterocycles. The lowest BCUT2D eigenvalue weighted by molar-refractivity contribution is -0.120. The Hall–Kier alpha value is -3.86. The van der Waals surface area contributed by atoms with Gasteiger partial charge >= 0.3 is 0 Å². The fraction of sp³-hybridized carbons (Fsp3) is 0.214. The summed E-state index contributed by atoms with van der Waals surface area (Å²) in [6, 6.07) is 24.7. The van der Waals surface area contributed by atoms with Crippen molar-refractivity contribution in [3.8, 4) is 5.75 Å². The van der Waals surface area contributed by atoms with Gasteiger partial charge in [-0.3, -0.25) is 9.59 Å². The Morgan fingerprint density at radius 2 is 1.58 bits per heavy atom. The van der Waals surface area contributed by atoms with E-state index in [-0.39, 0.29) is 11.8 Å². The molecule has 5 heteroatoms. The zero-order chi connectivity index (χ0) is 22.8. The largest absolute Gasteiger partial charge is 0.494 e. The summed E-state index contributed by atoms with van der Waals surface area (Å²) in [6.07, 6.45) is 2.80. The zero-order valence-electron chi connectivity index (χ0n) is 18.7. The molecule has 0 spiro atoms. The van der Waals surface area contributed by atoms with Crippen LogP contribution in [0.1, 0.15) is 30.9 Å². The molecule has 0 fully saturated rings. The predicted molar refractivity (Wildman–Crippen MR) is 130 cm³/mol. The topological polar surface area (TPSA) is 49.9 Å². The molecule has 2 amide bonds. The molecule has 0 radical (unpaired) electrons. The Kier molecular flexibility index (Phi) is 5.69. The van der Waals surface area contributed by atoms with Gasteiger partial charge in [-0.1, -0.05) is 55.5 Å². The molecule has 0 aliphatic carbocycles. The van der Waals surface area contributed by atoms with E-state index in [0.29, 0.717) is 35.7 Å². The van der Waals surface area contributed by atoms with Gasteiger partial charge < -0.3 is 9.64 Å². The first-order valence-electron chi connectivity index (χ1n) is 11.5. The molecule has 0 atom stereocenters. The van der Waals surface area contributed by atoms with E-state index in [1.54, 1.807) is 12.1 Å². The molecule has 5 rings (SSSR count). The third-order valence-corrected chi connectivity index (χ3v) is 6.07. The molecule has 0 saturated heterocycles. The molecule has 33 heavy (non-hydrogen) atoms. The van der Waals surface area contributed by atoms with Crippen LogP contribution >= 0.6 is 0 Å².